The zero-order valence-electron chi connectivity index (χ0n) is 29.7. The van der Waals surface area contributed by atoms with Crippen LogP contribution in [-0.2, 0) is 0 Å². The molecule has 0 bridgehead atoms. The first kappa shape index (κ1) is 35.4. The van der Waals surface area contributed by atoms with Gasteiger partial charge in [-0.1, -0.05) is 36.4 Å². The molecule has 0 N–H and O–H groups in total. The van der Waals surface area contributed by atoms with Crippen molar-refractivity contribution >= 4 is 171 Å². The van der Waals surface area contributed by atoms with Gasteiger partial charge in [-0.15, -0.1) is 0 Å². The summed E-state index contributed by atoms with van der Waals surface area (Å²) in [7, 11) is 64.8. The van der Waals surface area contributed by atoms with Crippen LogP contribution in [0.15, 0.2) is 99.8 Å². The quantitative estimate of drug-likeness (QED) is 0.247. The van der Waals surface area contributed by atoms with Gasteiger partial charge in [0.2, 0.25) is 0 Å². The van der Waals surface area contributed by atoms with Crippen molar-refractivity contribution in [1.29, 1.82) is 0 Å². The van der Waals surface area contributed by atoms with E-state index in [1.165, 1.54) is 0 Å². The van der Waals surface area contributed by atoms with E-state index >= 15 is 0 Å². The minimum absolute atomic E-state index is 0.0444. The van der Waals surface area contributed by atoms with Crippen molar-refractivity contribution < 1.29 is 8.83 Å². The van der Waals surface area contributed by atoms with Crippen LogP contribution in [0.3, 0.4) is 0 Å². The Balaban J connectivity index is 1.17. The number of benzene rings is 6. The van der Waals surface area contributed by atoms with Crippen LogP contribution in [0.4, 0.5) is 0 Å². The molecule has 9 rings (SSSR count). The van der Waals surface area contributed by atoms with Gasteiger partial charge in [-0.05, 0) is 29.3 Å². The number of nitrogens with zero attached hydrogens (tertiary/aromatic N) is 1. The number of hydrogen-bond acceptors (Lipinski definition) is 2. The number of furan rings is 2. The first-order chi connectivity index (χ1) is 26.4. The third-order valence-electron chi connectivity index (χ3n) is 10.7. The van der Waals surface area contributed by atoms with E-state index in [9.17, 15) is 0 Å². The Hall–Kier alpha value is -5.28. The fraction of sp³-hybridized carbons (Fsp3) is 0.0238. The minimum atomic E-state index is -0.0444. The second kappa shape index (κ2) is 12.9. The number of fused-ring (bicyclic) bond motifs is 5. The second-order valence-corrected chi connectivity index (χ2v) is 13.7. The maximum atomic E-state index is 7.02. The van der Waals surface area contributed by atoms with E-state index in [1.54, 1.807) is 0 Å². The molecule has 3 heterocycles. The molecule has 0 aliphatic heterocycles. The maximum absolute atomic E-state index is 7.02. The molecule has 6 aromatic carbocycles. The van der Waals surface area contributed by atoms with E-state index in [0.717, 1.165) is 49.9 Å². The molecule has 0 aliphatic carbocycles. The van der Waals surface area contributed by atoms with E-state index in [0.29, 0.717) is 27.5 Å². The molecule has 3 nitrogen and oxygen atoms in total. The van der Waals surface area contributed by atoms with Crippen LogP contribution in [-0.4, -0.2) is 82.7 Å². The normalized spacial score (nSPS) is 12.4. The van der Waals surface area contributed by atoms with Crippen LogP contribution in [0.25, 0.3) is 77.2 Å². The molecule has 3 aromatic heterocycles. The van der Waals surface area contributed by atoms with Gasteiger partial charge in [0.25, 0.3) is 0 Å². The Morgan fingerprint density at radius 1 is 0.527 bits per heavy atom. The summed E-state index contributed by atoms with van der Waals surface area (Å²) < 4.78 is 13.8. The van der Waals surface area contributed by atoms with Crippen LogP contribution in [0.2, 0.25) is 0 Å². The van der Waals surface area contributed by atoms with Gasteiger partial charge in [-0.2, -0.15) is 0 Å². The van der Waals surface area contributed by atoms with E-state index in [-0.39, 0.29) is 65.3 Å². The summed E-state index contributed by atoms with van der Waals surface area (Å²) >= 11 is 0. The van der Waals surface area contributed by atoms with Gasteiger partial charge in [-0.3, -0.25) is 0 Å². The summed E-state index contributed by atoms with van der Waals surface area (Å²) in [5, 5.41) is 3.20. The predicted molar refractivity (Wildman–Crippen MR) is 238 cm³/mol. The molecular weight excluding hydrogens is 659 g/mol. The van der Waals surface area contributed by atoms with Crippen molar-refractivity contribution in [3.05, 3.63) is 113 Å². The summed E-state index contributed by atoms with van der Waals surface area (Å²) in [6, 6.07) is 30.8. The summed E-state index contributed by atoms with van der Waals surface area (Å²) in [6.07, 6.45) is 0. The van der Waals surface area contributed by atoms with Crippen molar-refractivity contribution in [2.24, 2.45) is 0 Å². The Morgan fingerprint density at radius 3 is 1.73 bits per heavy atom. The topological polar surface area (TPSA) is 31.2 Å². The Kier molecular flexibility index (Phi) is 8.31. The molecule has 0 saturated carbocycles. The predicted octanol–water partition coefficient (Wildman–Crippen LogP) is 0.0133. The average molecular weight is 677 g/mol. The zero-order valence-corrected chi connectivity index (χ0v) is 29.7. The number of rotatable bonds is 4. The second-order valence-electron chi connectivity index (χ2n) is 13.7. The SMILES string of the molecule is [B]/C(c1c(C)n(-c2ccc(-c3ccc(-c4ccc5oc6ccccc6c5c4)cc3)cc2)c2c([B])c([B])c([B])c([B])c12)=c1/c(=[B])oc2c([B])c([B])c([B])c([B])c12. The van der Waals surface area contributed by atoms with Crippen molar-refractivity contribution in [3.8, 4) is 27.9 Å². The molecule has 0 saturated heterocycles. The van der Waals surface area contributed by atoms with Gasteiger partial charge in [-0.25, -0.2) is 0 Å². The monoisotopic (exact) mass is 678 g/mol. The molecule has 0 unspecified atom stereocenters. The van der Waals surface area contributed by atoms with Crippen LogP contribution < -0.4 is 48.9 Å². The van der Waals surface area contributed by atoms with Gasteiger partial charge in [0, 0.05) is 10.8 Å². The van der Waals surface area contributed by atoms with Crippen LogP contribution in [0.5, 0.6) is 0 Å². The van der Waals surface area contributed by atoms with E-state index in [4.69, 9.17) is 86.9 Å². The Bertz CT molecular complexity index is 3220. The number of hydrogen-bond donors (Lipinski definition) is 0. The molecule has 0 atom stereocenters. The summed E-state index contributed by atoms with van der Waals surface area (Å²) in [5.74, 6) is 0. The van der Waals surface area contributed by atoms with E-state index < -0.39 is 0 Å². The van der Waals surface area contributed by atoms with Crippen LogP contribution in [0, 0.1) is 12.2 Å². The standard InChI is InChI=1S/C42H18B10NO2/c1-17-27(31(43)30-29-33(45)35(47)37(49)39(51)41(29)55-42(30)52)28-32(44)34(46)36(48)38(50)40(28)53(17)22-13-10-19(11-14-22)18-6-8-20(9-7-18)21-12-15-26-24(16-21)23-4-2-3-5-25(23)54-26/h2-16H,1H3/b31-30+. The molecule has 9 aromatic rings. The number of aromatic nitrogens is 1. The van der Waals surface area contributed by atoms with Crippen molar-refractivity contribution in [2.75, 3.05) is 0 Å². The molecule has 0 spiro atoms. The Morgan fingerprint density at radius 2 is 1.05 bits per heavy atom. The average Bonchev–Trinajstić information content (AvgIpc) is 3.86. The fourth-order valence-corrected chi connectivity index (χ4v) is 7.81. The van der Waals surface area contributed by atoms with E-state index in [2.05, 4.69) is 42.5 Å². The molecule has 0 aliphatic rings. The Labute approximate surface area is 330 Å². The molecule has 0 amide bonds. The summed E-state index contributed by atoms with van der Waals surface area (Å²) in [5.41, 5.74) is 9.83. The molecule has 233 valence electrons. The van der Waals surface area contributed by atoms with Crippen molar-refractivity contribution in [2.45, 2.75) is 6.92 Å². The molecule has 13 heteroatoms. The van der Waals surface area contributed by atoms with Gasteiger partial charge >= 0.3 is 240 Å². The molecule has 0 fully saturated rings. The third-order valence-corrected chi connectivity index (χ3v) is 10.7. The van der Waals surface area contributed by atoms with E-state index in [1.807, 2.05) is 60.0 Å². The van der Waals surface area contributed by atoms with Gasteiger partial charge in [0.15, 0.2) is 0 Å². The first-order valence-corrected chi connectivity index (χ1v) is 17.3. The first-order valence-electron chi connectivity index (χ1n) is 17.3. The molecule has 19 radical (unpaired) electrons. The van der Waals surface area contributed by atoms with Gasteiger partial charge in [0.1, 0.15) is 11.2 Å². The molecule has 55 heavy (non-hydrogen) atoms. The summed E-state index contributed by atoms with van der Waals surface area (Å²) in [6.45, 7) is 1.88. The third kappa shape index (κ3) is 5.22. The van der Waals surface area contributed by atoms with Crippen molar-refractivity contribution in [3.63, 3.8) is 0 Å². The van der Waals surface area contributed by atoms with Crippen LogP contribution >= 0.6 is 0 Å². The summed E-state index contributed by atoms with van der Waals surface area (Å²) in [4.78, 5) is 0. The van der Waals surface area contributed by atoms with Gasteiger partial charge < -0.3 is 4.42 Å². The fourth-order valence-electron chi connectivity index (χ4n) is 7.81. The molecular formula is C42H18B10NO2. The number of para-hydroxylation sites is 1. The van der Waals surface area contributed by atoms with Crippen LogP contribution in [0.1, 0.15) is 11.3 Å². The van der Waals surface area contributed by atoms with Crippen molar-refractivity contribution in [1.82, 2.24) is 4.57 Å². The van der Waals surface area contributed by atoms with Gasteiger partial charge in [0.05, 0.1) is 0 Å². The zero-order chi connectivity index (χ0) is 38.6.